The SMILES string of the molecule is Cc1ccc(Cl)cc1C(=O)c1ccc2c(c1)CC(=O)N2. The lowest BCUT2D eigenvalue weighted by Gasteiger charge is -2.07. The summed E-state index contributed by atoms with van der Waals surface area (Å²) in [6.07, 6.45) is 0.324. The number of ketones is 1. The summed E-state index contributed by atoms with van der Waals surface area (Å²) in [5.74, 6) is -0.115. The minimum Gasteiger partial charge on any atom is -0.326 e. The summed E-state index contributed by atoms with van der Waals surface area (Å²) in [5.41, 5.74) is 3.70. The van der Waals surface area contributed by atoms with E-state index >= 15 is 0 Å². The Balaban J connectivity index is 2.01. The number of amides is 1. The molecular formula is C16H12ClNO2. The maximum Gasteiger partial charge on any atom is 0.228 e. The number of rotatable bonds is 2. The first-order valence-corrected chi connectivity index (χ1v) is 6.66. The summed E-state index contributed by atoms with van der Waals surface area (Å²) in [6, 6.07) is 10.5. The molecule has 0 saturated heterocycles. The van der Waals surface area contributed by atoms with E-state index in [9.17, 15) is 9.59 Å². The van der Waals surface area contributed by atoms with Crippen LogP contribution in [0.15, 0.2) is 36.4 Å². The Morgan fingerprint density at radius 2 is 2.00 bits per heavy atom. The van der Waals surface area contributed by atoms with Crippen LogP contribution in [0.25, 0.3) is 0 Å². The second kappa shape index (κ2) is 4.76. The Hall–Kier alpha value is -2.13. The molecule has 0 aromatic heterocycles. The van der Waals surface area contributed by atoms with Gasteiger partial charge in [-0.25, -0.2) is 0 Å². The molecule has 0 atom stereocenters. The largest absolute Gasteiger partial charge is 0.326 e. The zero-order chi connectivity index (χ0) is 14.3. The Kier molecular flexibility index (Phi) is 3.07. The first-order valence-electron chi connectivity index (χ1n) is 6.28. The molecule has 2 aromatic rings. The quantitative estimate of drug-likeness (QED) is 0.860. The number of nitrogens with one attached hydrogen (secondary N) is 1. The highest BCUT2D eigenvalue weighted by Gasteiger charge is 2.20. The number of fused-ring (bicyclic) bond motifs is 1. The molecule has 1 aliphatic heterocycles. The molecule has 0 radical (unpaired) electrons. The summed E-state index contributed by atoms with van der Waals surface area (Å²) >= 11 is 5.95. The van der Waals surface area contributed by atoms with Gasteiger partial charge < -0.3 is 5.32 Å². The van der Waals surface area contributed by atoms with Gasteiger partial charge in [0, 0.05) is 21.8 Å². The molecule has 4 heteroatoms. The lowest BCUT2D eigenvalue weighted by molar-refractivity contribution is -0.115. The molecule has 0 fully saturated rings. The fraction of sp³-hybridized carbons (Fsp3) is 0.125. The normalized spacial score (nSPS) is 13.0. The smallest absolute Gasteiger partial charge is 0.228 e. The average Bonchev–Trinajstić information content (AvgIpc) is 2.79. The van der Waals surface area contributed by atoms with E-state index in [1.165, 1.54) is 0 Å². The van der Waals surface area contributed by atoms with E-state index < -0.39 is 0 Å². The second-order valence-electron chi connectivity index (χ2n) is 4.89. The summed E-state index contributed by atoms with van der Waals surface area (Å²) in [5, 5.41) is 3.29. The minimum atomic E-state index is -0.0767. The van der Waals surface area contributed by atoms with Gasteiger partial charge in [-0.15, -0.1) is 0 Å². The van der Waals surface area contributed by atoms with Crippen molar-refractivity contribution in [1.82, 2.24) is 0 Å². The molecule has 2 aromatic carbocycles. The number of hydrogen-bond donors (Lipinski definition) is 1. The third kappa shape index (κ3) is 2.21. The monoisotopic (exact) mass is 285 g/mol. The van der Waals surface area contributed by atoms with Crippen LogP contribution in [0.2, 0.25) is 5.02 Å². The van der Waals surface area contributed by atoms with Crippen LogP contribution in [0, 0.1) is 6.92 Å². The molecule has 1 heterocycles. The van der Waals surface area contributed by atoms with E-state index in [1.807, 2.05) is 13.0 Å². The molecule has 0 aliphatic carbocycles. The van der Waals surface area contributed by atoms with E-state index in [2.05, 4.69) is 5.32 Å². The van der Waals surface area contributed by atoms with Gasteiger partial charge >= 0.3 is 0 Å². The van der Waals surface area contributed by atoms with Crippen LogP contribution in [-0.2, 0) is 11.2 Å². The van der Waals surface area contributed by atoms with Gasteiger partial charge in [0.2, 0.25) is 5.91 Å². The molecule has 0 spiro atoms. The topological polar surface area (TPSA) is 46.2 Å². The molecule has 100 valence electrons. The number of carbonyl (C=O) groups excluding carboxylic acids is 2. The Labute approximate surface area is 121 Å². The summed E-state index contributed by atoms with van der Waals surface area (Å²) in [4.78, 5) is 23.9. The van der Waals surface area contributed by atoms with Crippen molar-refractivity contribution in [1.29, 1.82) is 0 Å². The van der Waals surface area contributed by atoms with Gasteiger partial charge in [-0.1, -0.05) is 17.7 Å². The number of carbonyl (C=O) groups is 2. The van der Waals surface area contributed by atoms with Crippen molar-refractivity contribution in [3.63, 3.8) is 0 Å². The van der Waals surface area contributed by atoms with Crippen LogP contribution in [0.5, 0.6) is 0 Å². The van der Waals surface area contributed by atoms with Crippen molar-refractivity contribution >= 4 is 29.0 Å². The number of anilines is 1. The van der Waals surface area contributed by atoms with E-state index in [1.54, 1.807) is 30.3 Å². The Morgan fingerprint density at radius 3 is 2.80 bits per heavy atom. The molecule has 1 N–H and O–H groups in total. The van der Waals surface area contributed by atoms with Gasteiger partial charge in [0.25, 0.3) is 0 Å². The lowest BCUT2D eigenvalue weighted by Crippen LogP contribution is -2.04. The number of halogens is 1. The zero-order valence-electron chi connectivity index (χ0n) is 10.9. The van der Waals surface area contributed by atoms with Gasteiger partial charge in [0.1, 0.15) is 0 Å². The third-order valence-corrected chi connectivity index (χ3v) is 3.67. The van der Waals surface area contributed by atoms with Crippen LogP contribution >= 0.6 is 11.6 Å². The van der Waals surface area contributed by atoms with Crippen LogP contribution in [0.4, 0.5) is 5.69 Å². The van der Waals surface area contributed by atoms with Crippen molar-refractivity contribution in [2.75, 3.05) is 5.32 Å². The molecule has 1 amide bonds. The van der Waals surface area contributed by atoms with Crippen molar-refractivity contribution in [2.45, 2.75) is 13.3 Å². The lowest BCUT2D eigenvalue weighted by atomic mass is 9.97. The van der Waals surface area contributed by atoms with Gasteiger partial charge in [-0.3, -0.25) is 9.59 Å². The molecule has 3 nitrogen and oxygen atoms in total. The average molecular weight is 286 g/mol. The molecule has 20 heavy (non-hydrogen) atoms. The van der Waals surface area contributed by atoms with Crippen LogP contribution in [-0.4, -0.2) is 11.7 Å². The van der Waals surface area contributed by atoms with Gasteiger partial charge in [-0.2, -0.15) is 0 Å². The summed E-state index contributed by atoms with van der Waals surface area (Å²) < 4.78 is 0. The minimum absolute atomic E-state index is 0.0384. The van der Waals surface area contributed by atoms with Crippen molar-refractivity contribution < 1.29 is 9.59 Å². The van der Waals surface area contributed by atoms with Crippen LogP contribution in [0.3, 0.4) is 0 Å². The van der Waals surface area contributed by atoms with Crippen molar-refractivity contribution in [3.05, 3.63) is 63.7 Å². The molecular weight excluding hydrogens is 274 g/mol. The van der Waals surface area contributed by atoms with Crippen LogP contribution in [0.1, 0.15) is 27.0 Å². The summed E-state index contributed by atoms with van der Waals surface area (Å²) in [7, 11) is 0. The standard InChI is InChI=1S/C16H12ClNO2/c1-9-2-4-12(17)8-13(9)16(20)10-3-5-14-11(6-10)7-15(19)18-14/h2-6,8H,7H2,1H3,(H,18,19). The Morgan fingerprint density at radius 1 is 1.20 bits per heavy atom. The highest BCUT2D eigenvalue weighted by Crippen LogP contribution is 2.26. The molecule has 1 aliphatic rings. The molecule has 0 unspecified atom stereocenters. The van der Waals surface area contributed by atoms with E-state index in [4.69, 9.17) is 11.6 Å². The maximum absolute atomic E-state index is 12.5. The second-order valence-corrected chi connectivity index (χ2v) is 5.32. The number of hydrogen-bond acceptors (Lipinski definition) is 2. The highest BCUT2D eigenvalue weighted by molar-refractivity contribution is 6.31. The van der Waals surface area contributed by atoms with Crippen molar-refractivity contribution in [2.24, 2.45) is 0 Å². The maximum atomic E-state index is 12.5. The van der Waals surface area contributed by atoms with E-state index in [-0.39, 0.29) is 11.7 Å². The predicted octanol–water partition coefficient (Wildman–Crippen LogP) is 3.37. The first-order chi connectivity index (χ1) is 9.54. The van der Waals surface area contributed by atoms with E-state index in [0.717, 1.165) is 16.8 Å². The fourth-order valence-corrected chi connectivity index (χ4v) is 2.54. The molecule has 0 bridgehead atoms. The third-order valence-electron chi connectivity index (χ3n) is 3.44. The van der Waals surface area contributed by atoms with Gasteiger partial charge in [-0.05, 0) is 48.4 Å². The van der Waals surface area contributed by atoms with E-state index in [0.29, 0.717) is 22.6 Å². The van der Waals surface area contributed by atoms with Crippen molar-refractivity contribution in [3.8, 4) is 0 Å². The zero-order valence-corrected chi connectivity index (χ0v) is 11.6. The number of benzene rings is 2. The van der Waals surface area contributed by atoms with Gasteiger partial charge in [0.15, 0.2) is 5.78 Å². The fourth-order valence-electron chi connectivity index (χ4n) is 2.36. The predicted molar refractivity (Wildman–Crippen MR) is 78.4 cm³/mol. The van der Waals surface area contributed by atoms with Gasteiger partial charge in [0.05, 0.1) is 6.42 Å². The van der Waals surface area contributed by atoms with Crippen LogP contribution < -0.4 is 5.32 Å². The number of aryl methyl sites for hydroxylation is 1. The summed E-state index contributed by atoms with van der Waals surface area (Å²) in [6.45, 7) is 1.88. The molecule has 0 saturated carbocycles. The highest BCUT2D eigenvalue weighted by atomic mass is 35.5. The first kappa shape index (κ1) is 12.9. The Bertz CT molecular complexity index is 737. The molecule has 3 rings (SSSR count).